The summed E-state index contributed by atoms with van der Waals surface area (Å²) < 4.78 is 18.4. The number of amides is 1. The SMILES string of the molecule is CCN(C(=O)O[C@@H](C)Cn1nnc(-c2ccc(F)cc2)n1)C(C)(C)C. The molecular weight excluding hydrogens is 325 g/mol. The van der Waals surface area contributed by atoms with E-state index in [-0.39, 0.29) is 24.0 Å². The number of carbonyl (C=O) groups excluding carboxylic acids is 1. The Bertz CT molecular complexity index is 709. The van der Waals surface area contributed by atoms with E-state index in [1.165, 1.54) is 16.9 Å². The van der Waals surface area contributed by atoms with Crippen molar-refractivity contribution in [1.29, 1.82) is 0 Å². The van der Waals surface area contributed by atoms with E-state index < -0.39 is 6.10 Å². The average molecular weight is 349 g/mol. The summed E-state index contributed by atoms with van der Waals surface area (Å²) in [5, 5.41) is 12.1. The molecule has 0 saturated carbocycles. The summed E-state index contributed by atoms with van der Waals surface area (Å²) in [5.74, 6) is 0.0689. The number of tetrazole rings is 1. The summed E-state index contributed by atoms with van der Waals surface area (Å²) in [5.41, 5.74) is 0.356. The van der Waals surface area contributed by atoms with Crippen LogP contribution in [0.5, 0.6) is 0 Å². The van der Waals surface area contributed by atoms with Crippen molar-refractivity contribution in [2.45, 2.75) is 52.8 Å². The zero-order chi connectivity index (χ0) is 18.6. The number of carbonyl (C=O) groups is 1. The molecule has 0 aliphatic heterocycles. The monoisotopic (exact) mass is 349 g/mol. The summed E-state index contributed by atoms with van der Waals surface area (Å²) >= 11 is 0. The maximum atomic E-state index is 13.0. The molecule has 2 aromatic rings. The van der Waals surface area contributed by atoms with E-state index in [1.807, 2.05) is 27.7 Å². The first kappa shape index (κ1) is 18.8. The van der Waals surface area contributed by atoms with E-state index in [0.717, 1.165) is 0 Å². The van der Waals surface area contributed by atoms with Crippen LogP contribution in [0.15, 0.2) is 24.3 Å². The van der Waals surface area contributed by atoms with Crippen LogP contribution >= 0.6 is 0 Å². The zero-order valence-electron chi connectivity index (χ0n) is 15.2. The van der Waals surface area contributed by atoms with Gasteiger partial charge < -0.3 is 9.64 Å². The van der Waals surface area contributed by atoms with Gasteiger partial charge in [0.05, 0.1) is 6.54 Å². The maximum Gasteiger partial charge on any atom is 0.410 e. The highest BCUT2D eigenvalue weighted by Gasteiger charge is 2.27. The van der Waals surface area contributed by atoms with Gasteiger partial charge in [-0.3, -0.25) is 0 Å². The van der Waals surface area contributed by atoms with Crippen LogP contribution in [0.3, 0.4) is 0 Å². The predicted octanol–water partition coefficient (Wildman–Crippen LogP) is 3.12. The molecule has 0 bridgehead atoms. The number of rotatable bonds is 5. The van der Waals surface area contributed by atoms with Gasteiger partial charge in [0, 0.05) is 17.6 Å². The fourth-order valence-corrected chi connectivity index (χ4v) is 2.42. The molecule has 2 rings (SSSR count). The van der Waals surface area contributed by atoms with E-state index >= 15 is 0 Å². The minimum absolute atomic E-state index is 0.279. The third-order valence-corrected chi connectivity index (χ3v) is 3.62. The highest BCUT2D eigenvalue weighted by atomic mass is 19.1. The highest BCUT2D eigenvalue weighted by Crippen LogP contribution is 2.16. The Balaban J connectivity index is 1.98. The van der Waals surface area contributed by atoms with Gasteiger partial charge in [-0.15, -0.1) is 10.2 Å². The molecule has 0 radical (unpaired) electrons. The lowest BCUT2D eigenvalue weighted by molar-refractivity contribution is 0.0371. The normalized spacial score (nSPS) is 12.7. The summed E-state index contributed by atoms with van der Waals surface area (Å²) in [7, 11) is 0. The van der Waals surface area contributed by atoms with Crippen molar-refractivity contribution in [1.82, 2.24) is 25.1 Å². The minimum atomic E-state index is -0.417. The topological polar surface area (TPSA) is 73.1 Å². The van der Waals surface area contributed by atoms with Crippen LogP contribution in [0.4, 0.5) is 9.18 Å². The zero-order valence-corrected chi connectivity index (χ0v) is 15.2. The standard InChI is InChI=1S/C17H24FN5O2/c1-6-22(17(3,4)5)16(24)25-12(2)11-23-20-15(19-21-23)13-7-9-14(18)10-8-13/h7-10,12H,6,11H2,1-5H3/t12-/m0/s1. The number of halogens is 1. The van der Waals surface area contributed by atoms with E-state index in [0.29, 0.717) is 17.9 Å². The highest BCUT2D eigenvalue weighted by molar-refractivity contribution is 5.68. The lowest BCUT2D eigenvalue weighted by Gasteiger charge is -2.34. The molecule has 0 fully saturated rings. The van der Waals surface area contributed by atoms with Crippen LogP contribution in [0.1, 0.15) is 34.6 Å². The summed E-state index contributed by atoms with van der Waals surface area (Å²) in [4.78, 5) is 15.3. The molecule has 1 aromatic carbocycles. The van der Waals surface area contributed by atoms with Gasteiger partial charge in [0.1, 0.15) is 11.9 Å². The van der Waals surface area contributed by atoms with E-state index in [2.05, 4.69) is 15.4 Å². The summed E-state index contributed by atoms with van der Waals surface area (Å²) in [6.45, 7) is 10.4. The quantitative estimate of drug-likeness (QED) is 0.829. The van der Waals surface area contributed by atoms with Crippen molar-refractivity contribution in [3.63, 3.8) is 0 Å². The third kappa shape index (κ3) is 4.98. The Morgan fingerprint density at radius 3 is 2.52 bits per heavy atom. The number of nitrogens with zero attached hydrogens (tertiary/aromatic N) is 5. The molecule has 1 amide bonds. The fourth-order valence-electron chi connectivity index (χ4n) is 2.42. The van der Waals surface area contributed by atoms with Crippen LogP contribution in [0.25, 0.3) is 11.4 Å². The summed E-state index contributed by atoms with van der Waals surface area (Å²) in [6.07, 6.45) is -0.791. The predicted molar refractivity (Wildman–Crippen MR) is 91.3 cm³/mol. The van der Waals surface area contributed by atoms with Crippen molar-refractivity contribution in [2.75, 3.05) is 6.54 Å². The molecule has 0 unspecified atom stereocenters. The number of ether oxygens (including phenoxy) is 1. The molecule has 25 heavy (non-hydrogen) atoms. The Labute approximate surface area is 146 Å². The number of hydrogen-bond donors (Lipinski definition) is 0. The molecule has 8 heteroatoms. The van der Waals surface area contributed by atoms with Crippen molar-refractivity contribution in [2.24, 2.45) is 0 Å². The molecule has 136 valence electrons. The minimum Gasteiger partial charge on any atom is -0.444 e. The van der Waals surface area contributed by atoms with Crippen molar-refractivity contribution in [3.05, 3.63) is 30.1 Å². The van der Waals surface area contributed by atoms with Gasteiger partial charge in [0.25, 0.3) is 0 Å². The van der Waals surface area contributed by atoms with Gasteiger partial charge in [-0.1, -0.05) is 0 Å². The molecule has 0 N–H and O–H groups in total. The van der Waals surface area contributed by atoms with E-state index in [9.17, 15) is 9.18 Å². The molecular formula is C17H24FN5O2. The molecule has 0 aliphatic rings. The van der Waals surface area contributed by atoms with Crippen molar-refractivity contribution >= 4 is 6.09 Å². The Morgan fingerprint density at radius 1 is 1.32 bits per heavy atom. The molecule has 0 spiro atoms. The van der Waals surface area contributed by atoms with Gasteiger partial charge in [0.15, 0.2) is 0 Å². The lowest BCUT2D eigenvalue weighted by Crippen LogP contribution is -2.46. The second-order valence-corrected chi connectivity index (χ2v) is 6.78. The average Bonchev–Trinajstić information content (AvgIpc) is 2.95. The molecule has 1 atom stereocenters. The van der Waals surface area contributed by atoms with Crippen LogP contribution in [-0.4, -0.2) is 49.4 Å². The van der Waals surface area contributed by atoms with Gasteiger partial charge in [-0.25, -0.2) is 9.18 Å². The first-order valence-electron chi connectivity index (χ1n) is 8.22. The molecule has 1 heterocycles. The van der Waals surface area contributed by atoms with Gasteiger partial charge >= 0.3 is 6.09 Å². The molecule has 0 aliphatic carbocycles. The third-order valence-electron chi connectivity index (χ3n) is 3.62. The van der Waals surface area contributed by atoms with Crippen LogP contribution in [0, 0.1) is 5.82 Å². The summed E-state index contributed by atoms with van der Waals surface area (Å²) in [6, 6.07) is 5.85. The van der Waals surface area contributed by atoms with E-state index in [4.69, 9.17) is 4.74 Å². The fraction of sp³-hybridized carbons (Fsp3) is 0.529. The smallest absolute Gasteiger partial charge is 0.410 e. The Kier molecular flexibility index (Phi) is 5.71. The number of aromatic nitrogens is 4. The van der Waals surface area contributed by atoms with Gasteiger partial charge in [-0.2, -0.15) is 4.80 Å². The number of hydrogen-bond acceptors (Lipinski definition) is 5. The first-order chi connectivity index (χ1) is 11.7. The van der Waals surface area contributed by atoms with Crippen molar-refractivity contribution < 1.29 is 13.9 Å². The largest absolute Gasteiger partial charge is 0.444 e. The molecule has 1 aromatic heterocycles. The van der Waals surface area contributed by atoms with Gasteiger partial charge in [-0.05, 0) is 64.1 Å². The lowest BCUT2D eigenvalue weighted by atomic mass is 10.1. The second kappa shape index (κ2) is 7.58. The Morgan fingerprint density at radius 2 is 1.96 bits per heavy atom. The van der Waals surface area contributed by atoms with E-state index in [1.54, 1.807) is 24.0 Å². The molecule has 7 nitrogen and oxygen atoms in total. The Hall–Kier alpha value is -2.51. The number of benzene rings is 1. The van der Waals surface area contributed by atoms with Crippen molar-refractivity contribution in [3.8, 4) is 11.4 Å². The van der Waals surface area contributed by atoms with Crippen LogP contribution in [-0.2, 0) is 11.3 Å². The second-order valence-electron chi connectivity index (χ2n) is 6.78. The maximum absolute atomic E-state index is 13.0. The van der Waals surface area contributed by atoms with Gasteiger partial charge in [0.2, 0.25) is 5.82 Å². The van der Waals surface area contributed by atoms with Crippen LogP contribution < -0.4 is 0 Å². The first-order valence-corrected chi connectivity index (χ1v) is 8.22. The molecule has 0 saturated heterocycles. The van der Waals surface area contributed by atoms with Crippen LogP contribution in [0.2, 0.25) is 0 Å².